The van der Waals surface area contributed by atoms with Crippen molar-refractivity contribution >= 4 is 25.5 Å². The maximum Gasteiger partial charge on any atom is 0.388 e. The van der Waals surface area contributed by atoms with Crippen LogP contribution in [0, 0.1) is 5.39 Å². The third-order valence-electron chi connectivity index (χ3n) is 3.73. The minimum Gasteiger partial charge on any atom is -0.455 e. The van der Waals surface area contributed by atoms with Crippen molar-refractivity contribution in [2.45, 2.75) is 19.3 Å². The van der Waals surface area contributed by atoms with Crippen LogP contribution in [0.4, 0.5) is 32.2 Å². The second kappa shape index (κ2) is 7.55. The molecule has 2 aromatic carbocycles. The number of anilines is 1. The van der Waals surface area contributed by atoms with Gasteiger partial charge >= 0.3 is 40.7 Å². The Labute approximate surface area is 159 Å². The van der Waals surface area contributed by atoms with Gasteiger partial charge in [0.1, 0.15) is 5.75 Å². The minimum absolute atomic E-state index is 0.502. The number of para-hydroxylation sites is 1. The van der Waals surface area contributed by atoms with Crippen LogP contribution < -0.4 is 9.64 Å². The van der Waals surface area contributed by atoms with Crippen molar-refractivity contribution in [3.63, 3.8) is 0 Å². The summed E-state index contributed by atoms with van der Waals surface area (Å²) in [7, 11) is 0. The molecule has 2 aromatic rings. The van der Waals surface area contributed by atoms with Crippen LogP contribution >= 0.6 is 0 Å². The molecule has 0 spiro atoms. The summed E-state index contributed by atoms with van der Waals surface area (Å²) in [5.74, 6) is 1.52. The van der Waals surface area contributed by atoms with Crippen molar-refractivity contribution in [1.29, 1.82) is 5.39 Å². The number of diazo groups is 1. The van der Waals surface area contributed by atoms with Gasteiger partial charge in [0.2, 0.25) is 5.39 Å². The van der Waals surface area contributed by atoms with Crippen LogP contribution in [0.1, 0.15) is 19.3 Å². The van der Waals surface area contributed by atoms with Gasteiger partial charge in [-0.05, 0) is 37.5 Å². The molecule has 0 saturated carbocycles. The van der Waals surface area contributed by atoms with Crippen LogP contribution in [-0.4, -0.2) is 27.3 Å². The van der Waals surface area contributed by atoms with E-state index in [9.17, 15) is 20.8 Å². The Hall–Kier alpha value is -2.40. The summed E-state index contributed by atoms with van der Waals surface area (Å²) in [6.07, 6.45) is 3.70. The molecule has 3 rings (SSSR count). The van der Waals surface area contributed by atoms with Crippen LogP contribution in [0.3, 0.4) is 0 Å². The van der Waals surface area contributed by atoms with Crippen LogP contribution in [0.15, 0.2) is 48.5 Å². The average molecular weight is 469 g/mol. The zero-order valence-electron chi connectivity index (χ0n) is 14.6. The van der Waals surface area contributed by atoms with Gasteiger partial charge in [0.15, 0.2) is 10.7 Å². The Morgan fingerprint density at radius 2 is 1.43 bits per heavy atom. The van der Waals surface area contributed by atoms with Gasteiger partial charge in [-0.1, -0.05) is 18.2 Å². The molecule has 154 valence electrons. The van der Waals surface area contributed by atoms with E-state index in [-0.39, 0.29) is 0 Å². The first-order chi connectivity index (χ1) is 12.8. The maximum absolute atomic E-state index is 11.1. The van der Waals surface area contributed by atoms with E-state index in [0.29, 0.717) is 5.69 Å². The molecule has 0 aromatic heterocycles. The standard InChI is InChI=1S/C17H18N3O.AsF6/c18-19-14-9-10-16(20-11-5-2-6-12-20)17(13-14)21-15-7-3-1-4-8-15;2-1(3,4,5,6)7/h1,3-4,7-10,13H,2,5-6,11-12H2;/q+1;-1. The Morgan fingerprint density at radius 1 is 0.857 bits per heavy atom. The minimum atomic E-state index is -11.1. The van der Waals surface area contributed by atoms with Crippen LogP contribution in [-0.2, 0) is 0 Å². The quantitative estimate of drug-likeness (QED) is 0.274. The molecule has 1 aliphatic rings. The third-order valence-corrected chi connectivity index (χ3v) is 3.73. The molecule has 1 saturated heterocycles. The SMILES string of the molecule is F[As-](F)(F)(F)(F)F.N#[N+]c1ccc(N2CCCCC2)c(Oc2ccccc2)c1. The van der Waals surface area contributed by atoms with E-state index in [1.165, 1.54) is 19.3 Å². The summed E-state index contributed by atoms with van der Waals surface area (Å²) >= 11 is -11.1. The molecule has 4 nitrogen and oxygen atoms in total. The van der Waals surface area contributed by atoms with E-state index in [1.807, 2.05) is 42.5 Å². The normalized spacial score (nSPS) is 16.7. The predicted octanol–water partition coefficient (Wildman–Crippen LogP) is 7.09. The first kappa shape index (κ1) is 21.9. The molecule has 0 bridgehead atoms. The molecule has 1 fully saturated rings. The fourth-order valence-electron chi connectivity index (χ4n) is 2.66. The van der Waals surface area contributed by atoms with E-state index in [1.54, 1.807) is 6.07 Å². The summed E-state index contributed by atoms with van der Waals surface area (Å²) in [6.45, 7) is 2.08. The molecule has 11 heteroatoms. The molecule has 28 heavy (non-hydrogen) atoms. The van der Waals surface area contributed by atoms with E-state index in [2.05, 4.69) is 9.88 Å². The topological polar surface area (TPSA) is 40.6 Å². The maximum atomic E-state index is 9.91. The van der Waals surface area contributed by atoms with Gasteiger partial charge in [-0.15, -0.1) is 0 Å². The van der Waals surface area contributed by atoms with Crippen molar-refractivity contribution in [1.82, 2.24) is 0 Å². The fraction of sp³-hybridized carbons (Fsp3) is 0.294. The molecule has 0 amide bonds. The summed E-state index contributed by atoms with van der Waals surface area (Å²) in [5, 5.41) is 8.99. The summed E-state index contributed by atoms with van der Waals surface area (Å²) < 4.78 is 65.4. The summed E-state index contributed by atoms with van der Waals surface area (Å²) in [5.41, 5.74) is 1.56. The van der Waals surface area contributed by atoms with E-state index < -0.39 is 14.2 Å². The predicted molar refractivity (Wildman–Crippen MR) is 96.2 cm³/mol. The van der Waals surface area contributed by atoms with Crippen molar-refractivity contribution in [2.75, 3.05) is 18.0 Å². The number of rotatable bonds is 3. The van der Waals surface area contributed by atoms with Gasteiger partial charge < -0.3 is 9.64 Å². The second-order valence-electron chi connectivity index (χ2n) is 6.17. The number of benzene rings is 2. The number of piperidine rings is 1. The van der Waals surface area contributed by atoms with E-state index in [0.717, 1.165) is 30.3 Å². The number of hydrogen-bond donors (Lipinski definition) is 0. The van der Waals surface area contributed by atoms with Gasteiger partial charge in [-0.25, -0.2) is 0 Å². The summed E-state index contributed by atoms with van der Waals surface area (Å²) in [4.78, 5) is 5.60. The van der Waals surface area contributed by atoms with Crippen molar-refractivity contribution in [3.05, 3.63) is 53.5 Å². The van der Waals surface area contributed by atoms with E-state index in [4.69, 9.17) is 10.1 Å². The molecule has 0 radical (unpaired) electrons. The van der Waals surface area contributed by atoms with Crippen molar-refractivity contribution < 1.29 is 25.5 Å². The number of ether oxygens (including phenoxy) is 1. The van der Waals surface area contributed by atoms with Gasteiger partial charge in [0, 0.05) is 19.2 Å². The molecule has 1 heterocycles. The summed E-state index contributed by atoms with van der Waals surface area (Å²) in [6, 6.07) is 15.2. The monoisotopic (exact) mass is 469 g/mol. The third kappa shape index (κ3) is 9.00. The number of nitrogens with zero attached hydrogens (tertiary/aromatic N) is 3. The Balaban J connectivity index is 0.000000345. The molecule has 0 aliphatic carbocycles. The molecular weight excluding hydrogens is 451 g/mol. The zero-order chi connectivity index (χ0) is 20.9. The Kier molecular flexibility index (Phi) is 5.90. The first-order valence-electron chi connectivity index (χ1n) is 8.35. The van der Waals surface area contributed by atoms with Crippen molar-refractivity contribution in [2.24, 2.45) is 0 Å². The second-order valence-corrected chi connectivity index (χ2v) is 10.2. The molecule has 1 aliphatic heterocycles. The molecule has 0 atom stereocenters. The number of hydrogen-bond acceptors (Lipinski definition) is 3. The zero-order valence-corrected chi connectivity index (χ0v) is 16.5. The van der Waals surface area contributed by atoms with Crippen LogP contribution in [0.2, 0.25) is 0 Å². The van der Waals surface area contributed by atoms with Gasteiger partial charge in [0.25, 0.3) is 0 Å². The van der Waals surface area contributed by atoms with Crippen molar-refractivity contribution in [3.8, 4) is 11.5 Å². The average Bonchev–Trinajstić information content (AvgIpc) is 2.60. The van der Waals surface area contributed by atoms with Crippen LogP contribution in [0.25, 0.3) is 4.98 Å². The number of halogens is 6. The van der Waals surface area contributed by atoms with E-state index >= 15 is 0 Å². The Bertz CT molecular complexity index is 836. The smallest absolute Gasteiger partial charge is 0.388 e. The van der Waals surface area contributed by atoms with Crippen LogP contribution in [0.5, 0.6) is 11.5 Å². The van der Waals surface area contributed by atoms with Gasteiger partial charge in [-0.3, -0.25) is 0 Å². The molecule has 0 N–H and O–H groups in total. The Morgan fingerprint density at radius 3 is 1.96 bits per heavy atom. The first-order valence-corrected chi connectivity index (χ1v) is 12.6. The van der Waals surface area contributed by atoms with Gasteiger partial charge in [-0.2, -0.15) is 0 Å². The largest absolute Gasteiger partial charge is 0.455 e. The van der Waals surface area contributed by atoms with Gasteiger partial charge in [0.05, 0.1) is 11.8 Å². The molecular formula is C17H18AsF6N3O. The molecule has 0 unspecified atom stereocenters. The fourth-order valence-corrected chi connectivity index (χ4v) is 2.66.